The van der Waals surface area contributed by atoms with E-state index in [2.05, 4.69) is 4.65 Å². The maximum Gasteiger partial charge on any atom is 0.378 e. The molecule has 2 atom stereocenters. The van der Waals surface area contributed by atoms with Crippen molar-refractivity contribution in [2.24, 2.45) is 5.73 Å². The fourth-order valence-electron chi connectivity index (χ4n) is 2.19. The molecule has 1 saturated heterocycles. The third-order valence-corrected chi connectivity index (χ3v) is 3.37. The van der Waals surface area contributed by atoms with Gasteiger partial charge in [0.25, 0.3) is 0 Å². The Morgan fingerprint density at radius 3 is 2.94 bits per heavy atom. The van der Waals surface area contributed by atoms with Crippen LogP contribution in [0.2, 0.25) is 0 Å². The van der Waals surface area contributed by atoms with Gasteiger partial charge in [-0.15, -0.1) is 11.6 Å². The van der Waals surface area contributed by atoms with Gasteiger partial charge >= 0.3 is 14.0 Å². The number of halogens is 1. The van der Waals surface area contributed by atoms with Crippen molar-refractivity contribution in [2.45, 2.75) is 24.9 Å². The molecule has 2 aliphatic rings. The summed E-state index contributed by atoms with van der Waals surface area (Å²) in [5, 5.41) is 0. The van der Waals surface area contributed by atoms with Crippen LogP contribution in [-0.2, 0) is 14.2 Å². The van der Waals surface area contributed by atoms with Crippen molar-refractivity contribution in [1.82, 2.24) is 4.90 Å². The van der Waals surface area contributed by atoms with Crippen LogP contribution in [0.3, 0.4) is 0 Å². The molecule has 2 unspecified atom stereocenters. The van der Waals surface area contributed by atoms with Crippen molar-refractivity contribution in [3.05, 3.63) is 11.3 Å². The summed E-state index contributed by atoms with van der Waals surface area (Å²) in [5.74, 6) is -0.843. The number of hydrogen-bond acceptors (Lipinski definition) is 4. The molecular formula is C9H10BClN2O3. The molecule has 16 heavy (non-hydrogen) atoms. The highest BCUT2D eigenvalue weighted by Crippen LogP contribution is 2.36. The van der Waals surface area contributed by atoms with Crippen LogP contribution >= 0.6 is 11.6 Å². The first-order chi connectivity index (χ1) is 7.61. The van der Waals surface area contributed by atoms with E-state index in [0.717, 1.165) is 6.42 Å². The molecule has 2 heterocycles. The molecule has 1 amide bonds. The Morgan fingerprint density at radius 2 is 2.38 bits per heavy atom. The molecule has 0 aliphatic carbocycles. The second-order valence-electron chi connectivity index (χ2n) is 3.83. The van der Waals surface area contributed by atoms with Crippen LogP contribution in [0.25, 0.3) is 0 Å². The zero-order valence-electron chi connectivity index (χ0n) is 8.48. The number of fused-ring (bicyclic) bond motifs is 1. The molecular weight excluding hydrogens is 230 g/mol. The predicted molar refractivity (Wildman–Crippen MR) is 57.4 cm³/mol. The first-order valence-corrected chi connectivity index (χ1v) is 5.43. The molecule has 1 fully saturated rings. The van der Waals surface area contributed by atoms with E-state index < -0.39 is 12.0 Å². The first kappa shape index (κ1) is 11.5. The lowest BCUT2D eigenvalue weighted by Gasteiger charge is -2.48. The Morgan fingerprint density at radius 1 is 1.69 bits per heavy atom. The molecule has 7 heteroatoms. The van der Waals surface area contributed by atoms with Crippen LogP contribution in [0.5, 0.6) is 0 Å². The summed E-state index contributed by atoms with van der Waals surface area (Å²) in [5.41, 5.74) is 6.48. The molecule has 0 aromatic rings. The summed E-state index contributed by atoms with van der Waals surface area (Å²) in [6.45, 7) is 0. The molecule has 0 aromatic heterocycles. The minimum absolute atomic E-state index is 0.131. The normalized spacial score (nSPS) is 28.6. The summed E-state index contributed by atoms with van der Waals surface area (Å²) >= 11 is 5.72. The number of nitrogens with two attached hydrogens (primary N) is 1. The van der Waals surface area contributed by atoms with Crippen molar-refractivity contribution in [1.29, 1.82) is 0 Å². The van der Waals surface area contributed by atoms with E-state index >= 15 is 0 Å². The van der Waals surface area contributed by atoms with E-state index in [1.165, 1.54) is 4.90 Å². The minimum Gasteiger partial charge on any atom is -0.539 e. The number of carbonyl (C=O) groups excluding carboxylic acids is 2. The number of nitrogens with zero attached hydrogens (tertiary/aromatic N) is 1. The first-order valence-electron chi connectivity index (χ1n) is 4.89. The van der Waals surface area contributed by atoms with E-state index in [1.807, 2.05) is 0 Å². The Balaban J connectivity index is 2.36. The Kier molecular flexibility index (Phi) is 2.94. The van der Waals surface area contributed by atoms with Gasteiger partial charge in [-0.3, -0.25) is 9.69 Å². The second-order valence-corrected chi connectivity index (χ2v) is 4.10. The lowest BCUT2D eigenvalue weighted by atomic mass is 9.84. The highest BCUT2D eigenvalue weighted by Gasteiger charge is 2.50. The number of carbonyl (C=O) groups is 2. The molecule has 0 spiro atoms. The lowest BCUT2D eigenvalue weighted by molar-refractivity contribution is -0.151. The fraction of sp³-hybridized carbons (Fsp3) is 0.556. The second kappa shape index (κ2) is 4.10. The average molecular weight is 240 g/mol. The van der Waals surface area contributed by atoms with Crippen molar-refractivity contribution < 1.29 is 14.2 Å². The van der Waals surface area contributed by atoms with Crippen LogP contribution in [0.15, 0.2) is 11.3 Å². The lowest BCUT2D eigenvalue weighted by Crippen LogP contribution is -2.69. The number of hydrogen-bond donors (Lipinski definition) is 1. The zero-order chi connectivity index (χ0) is 11.9. The molecule has 2 rings (SSSR count). The van der Waals surface area contributed by atoms with Gasteiger partial charge in [-0.25, -0.2) is 4.79 Å². The van der Waals surface area contributed by atoms with Gasteiger partial charge < -0.3 is 10.4 Å². The van der Waals surface area contributed by atoms with E-state index in [1.54, 1.807) is 0 Å². The highest BCUT2D eigenvalue weighted by atomic mass is 35.5. The van der Waals surface area contributed by atoms with Gasteiger partial charge in [-0.2, -0.15) is 0 Å². The molecule has 2 N–H and O–H groups in total. The summed E-state index contributed by atoms with van der Waals surface area (Å²) < 4.78 is 4.17. The van der Waals surface area contributed by atoms with E-state index in [9.17, 15) is 9.59 Å². The number of amides is 1. The summed E-state index contributed by atoms with van der Waals surface area (Å²) in [7, 11) is 4.84. The van der Waals surface area contributed by atoms with Crippen LogP contribution in [0.1, 0.15) is 12.8 Å². The molecule has 0 aromatic carbocycles. The highest BCUT2D eigenvalue weighted by molar-refractivity contribution is 6.20. The van der Waals surface area contributed by atoms with Gasteiger partial charge in [-0.05, 0) is 18.4 Å². The van der Waals surface area contributed by atoms with E-state index in [0.29, 0.717) is 12.0 Å². The molecule has 2 radical (unpaired) electrons. The van der Waals surface area contributed by atoms with Gasteiger partial charge in [0.1, 0.15) is 11.7 Å². The van der Waals surface area contributed by atoms with E-state index in [4.69, 9.17) is 25.4 Å². The summed E-state index contributed by atoms with van der Waals surface area (Å²) in [4.78, 5) is 24.4. The van der Waals surface area contributed by atoms with Crippen molar-refractivity contribution in [3.8, 4) is 0 Å². The van der Waals surface area contributed by atoms with Gasteiger partial charge in [0.2, 0.25) is 5.91 Å². The van der Waals surface area contributed by atoms with Crippen LogP contribution in [-0.4, -0.2) is 42.8 Å². The van der Waals surface area contributed by atoms with E-state index in [-0.39, 0.29) is 23.5 Å². The Hall–Kier alpha value is -1.01. The standard InChI is InChI=1S/C9H10BClN2O3/c10-16-9(15)7-4(3-11)1-2-5-6(12)8(14)13(5)7/h5-6H,1-3,12H2. The maximum absolute atomic E-state index is 11.6. The number of allylic oxidation sites excluding steroid dienone is 1. The molecule has 0 saturated carbocycles. The van der Waals surface area contributed by atoms with Crippen molar-refractivity contribution in [3.63, 3.8) is 0 Å². The van der Waals surface area contributed by atoms with Crippen LogP contribution in [0.4, 0.5) is 0 Å². The third kappa shape index (κ3) is 1.44. The predicted octanol–water partition coefficient (Wildman–Crippen LogP) is -0.562. The SMILES string of the molecule is [B]OC(=O)C1=C(CCl)CCC2C(N)C(=O)N12. The Labute approximate surface area is 99.0 Å². The number of alkyl halides is 1. The quantitative estimate of drug-likeness (QED) is 0.399. The largest absolute Gasteiger partial charge is 0.539 e. The third-order valence-electron chi connectivity index (χ3n) is 3.05. The Bertz CT molecular complexity index is 385. The topological polar surface area (TPSA) is 72.6 Å². The summed E-state index contributed by atoms with van der Waals surface area (Å²) in [6, 6.07) is -0.661. The number of rotatable bonds is 2. The minimum atomic E-state index is -0.736. The fourth-order valence-corrected chi connectivity index (χ4v) is 2.45. The van der Waals surface area contributed by atoms with Gasteiger partial charge in [0, 0.05) is 5.88 Å². The molecule has 2 aliphatic heterocycles. The molecule has 0 bridgehead atoms. The van der Waals surface area contributed by atoms with Gasteiger partial charge in [-0.1, -0.05) is 0 Å². The average Bonchev–Trinajstić information content (AvgIpc) is 2.34. The van der Waals surface area contributed by atoms with Gasteiger partial charge in [0.05, 0.1) is 6.04 Å². The number of β-lactam (4-membered cyclic amide) rings is 1. The smallest absolute Gasteiger partial charge is 0.378 e. The van der Waals surface area contributed by atoms with Crippen LogP contribution in [0, 0.1) is 0 Å². The van der Waals surface area contributed by atoms with Crippen molar-refractivity contribution in [2.75, 3.05) is 5.88 Å². The molecule has 84 valence electrons. The van der Waals surface area contributed by atoms with Crippen LogP contribution < -0.4 is 5.73 Å². The molecule has 5 nitrogen and oxygen atoms in total. The maximum atomic E-state index is 11.6. The summed E-state index contributed by atoms with van der Waals surface area (Å²) in [6.07, 6.45) is 1.35. The zero-order valence-corrected chi connectivity index (χ0v) is 9.24. The van der Waals surface area contributed by atoms with Gasteiger partial charge in [0.15, 0.2) is 0 Å². The monoisotopic (exact) mass is 240 g/mol. The van der Waals surface area contributed by atoms with Crippen molar-refractivity contribution >= 4 is 31.5 Å².